The van der Waals surface area contributed by atoms with Crippen LogP contribution >= 0.6 is 0 Å². The molecule has 29 heavy (non-hydrogen) atoms. The second-order valence-electron chi connectivity index (χ2n) is 5.70. The molecule has 0 saturated heterocycles. The van der Waals surface area contributed by atoms with Gasteiger partial charge in [0.15, 0.2) is 0 Å². The number of hydrogen-bond acceptors (Lipinski definition) is 6. The van der Waals surface area contributed by atoms with Gasteiger partial charge in [0.25, 0.3) is 5.91 Å². The molecule has 0 aliphatic rings. The van der Waals surface area contributed by atoms with Crippen molar-refractivity contribution in [2.24, 2.45) is 0 Å². The van der Waals surface area contributed by atoms with Crippen molar-refractivity contribution < 1.29 is 35.1 Å². The van der Waals surface area contributed by atoms with E-state index in [0.29, 0.717) is 0 Å². The van der Waals surface area contributed by atoms with E-state index < -0.39 is 36.4 Å². The minimum atomic E-state index is -4.75. The van der Waals surface area contributed by atoms with Gasteiger partial charge in [-0.05, 0) is 43.3 Å². The molecular weight excluding hydrogens is 430 g/mol. The Morgan fingerprint density at radius 1 is 1.07 bits per heavy atom. The Morgan fingerprint density at radius 2 is 1.69 bits per heavy atom. The summed E-state index contributed by atoms with van der Waals surface area (Å²) in [5.74, 6) is -4.15. The number of amides is 1. The topological polar surface area (TPSA) is 119 Å². The van der Waals surface area contributed by atoms with E-state index >= 15 is 0 Å². The van der Waals surface area contributed by atoms with Crippen LogP contribution in [0.3, 0.4) is 0 Å². The molecule has 1 amide bonds. The van der Waals surface area contributed by atoms with E-state index in [2.05, 4.69) is 10.0 Å². The molecule has 0 spiro atoms. The van der Waals surface area contributed by atoms with Crippen LogP contribution in [0.25, 0.3) is 0 Å². The molecule has 0 aliphatic carbocycles. The zero-order chi connectivity index (χ0) is 21.8. The summed E-state index contributed by atoms with van der Waals surface area (Å²) >= 11 is 0. The minimum absolute atomic E-state index is 0.0351. The summed E-state index contributed by atoms with van der Waals surface area (Å²) < 4.78 is 78.8. The van der Waals surface area contributed by atoms with E-state index in [9.17, 15) is 30.4 Å². The van der Waals surface area contributed by atoms with E-state index in [1.165, 1.54) is 32.2 Å². The zero-order valence-electron chi connectivity index (χ0n) is 15.3. The summed E-state index contributed by atoms with van der Waals surface area (Å²) in [6, 6.07) is 8.26. The second kappa shape index (κ2) is 8.74. The van der Waals surface area contributed by atoms with Crippen molar-refractivity contribution in [2.75, 3.05) is 22.9 Å². The Hall–Kier alpha value is -2.73. The van der Waals surface area contributed by atoms with Crippen LogP contribution in [0.15, 0.2) is 47.4 Å². The second-order valence-corrected chi connectivity index (χ2v) is 9.63. The highest BCUT2D eigenvalue weighted by Crippen LogP contribution is 2.29. The Kier molecular flexibility index (Phi) is 6.80. The quantitative estimate of drug-likeness (QED) is 0.641. The number of carbonyl (C=O) groups is 1. The maximum Gasteiger partial charge on any atom is 0.341 e. The highest BCUT2D eigenvalue weighted by atomic mass is 32.2. The number of hydrogen-bond donors (Lipinski definition) is 2. The maximum absolute atomic E-state index is 12.6. The standard InChI is InChI=1S/C17H18F2N2O6S2/c1-3-28(23,24)21-14-9-6-12(10-15(14)27-2)20-16(22)11-4-7-13(8-5-11)29(25,26)17(18)19/h4-10,17,21H,3H2,1-2H3,(H,20,22). The van der Waals surface area contributed by atoms with Crippen LogP contribution in [0, 0.1) is 0 Å². The van der Waals surface area contributed by atoms with Crippen molar-refractivity contribution in [1.29, 1.82) is 0 Å². The highest BCUT2D eigenvalue weighted by Gasteiger charge is 2.26. The van der Waals surface area contributed by atoms with Crippen LogP contribution in [0.1, 0.15) is 17.3 Å². The molecule has 2 aromatic carbocycles. The van der Waals surface area contributed by atoms with E-state index in [1.807, 2.05) is 0 Å². The highest BCUT2D eigenvalue weighted by molar-refractivity contribution is 7.92. The summed E-state index contributed by atoms with van der Waals surface area (Å²) in [5.41, 5.74) is 0.498. The molecule has 0 bridgehead atoms. The molecule has 12 heteroatoms. The third-order valence-electron chi connectivity index (χ3n) is 3.78. The van der Waals surface area contributed by atoms with Gasteiger partial charge >= 0.3 is 5.76 Å². The van der Waals surface area contributed by atoms with Gasteiger partial charge in [-0.3, -0.25) is 9.52 Å². The first kappa shape index (κ1) is 22.6. The SMILES string of the molecule is CCS(=O)(=O)Nc1ccc(NC(=O)c2ccc(S(=O)(=O)C(F)F)cc2)cc1OC. The van der Waals surface area contributed by atoms with Crippen molar-refractivity contribution >= 4 is 37.1 Å². The van der Waals surface area contributed by atoms with Crippen LogP contribution in [-0.2, 0) is 19.9 Å². The molecule has 0 unspecified atom stereocenters. The first-order chi connectivity index (χ1) is 13.5. The molecule has 0 fully saturated rings. The fourth-order valence-electron chi connectivity index (χ4n) is 2.20. The van der Waals surface area contributed by atoms with Crippen molar-refractivity contribution in [3.8, 4) is 5.75 Å². The van der Waals surface area contributed by atoms with Gasteiger partial charge < -0.3 is 10.1 Å². The lowest BCUT2D eigenvalue weighted by Gasteiger charge is -2.13. The van der Waals surface area contributed by atoms with Gasteiger partial charge in [0.1, 0.15) is 5.75 Å². The fraction of sp³-hybridized carbons (Fsp3) is 0.235. The number of carbonyl (C=O) groups excluding carboxylic acids is 1. The molecule has 0 radical (unpaired) electrons. The van der Waals surface area contributed by atoms with E-state index in [0.717, 1.165) is 24.3 Å². The van der Waals surface area contributed by atoms with Crippen LogP contribution in [-0.4, -0.2) is 41.4 Å². The Bertz CT molecular complexity index is 1100. The van der Waals surface area contributed by atoms with E-state index in [-0.39, 0.29) is 28.4 Å². The van der Waals surface area contributed by atoms with Gasteiger partial charge in [-0.15, -0.1) is 0 Å². The number of ether oxygens (including phenoxy) is 1. The molecular formula is C17H18F2N2O6S2. The normalized spacial score (nSPS) is 11.9. The van der Waals surface area contributed by atoms with Crippen molar-refractivity contribution in [2.45, 2.75) is 17.6 Å². The molecule has 2 N–H and O–H groups in total. The predicted octanol–water partition coefficient (Wildman–Crippen LogP) is 2.71. The Balaban J connectivity index is 2.20. The fourth-order valence-corrected chi connectivity index (χ4v) is 3.56. The van der Waals surface area contributed by atoms with Gasteiger partial charge in [0.2, 0.25) is 19.9 Å². The number of nitrogens with one attached hydrogen (secondary N) is 2. The number of rotatable bonds is 8. The lowest BCUT2D eigenvalue weighted by molar-refractivity contribution is 0.102. The van der Waals surface area contributed by atoms with E-state index in [4.69, 9.17) is 4.74 Å². The molecule has 0 aromatic heterocycles. The number of anilines is 2. The van der Waals surface area contributed by atoms with Gasteiger partial charge in [-0.1, -0.05) is 0 Å². The van der Waals surface area contributed by atoms with Crippen molar-refractivity contribution in [3.05, 3.63) is 48.0 Å². The average molecular weight is 448 g/mol. The molecule has 2 aromatic rings. The van der Waals surface area contributed by atoms with E-state index in [1.54, 1.807) is 0 Å². The van der Waals surface area contributed by atoms with Gasteiger partial charge in [0, 0.05) is 17.3 Å². The number of halogens is 2. The lowest BCUT2D eigenvalue weighted by atomic mass is 10.2. The maximum atomic E-state index is 12.6. The number of sulfonamides is 1. The number of methoxy groups -OCH3 is 1. The zero-order valence-corrected chi connectivity index (χ0v) is 17.0. The first-order valence-corrected chi connectivity index (χ1v) is 11.3. The van der Waals surface area contributed by atoms with Gasteiger partial charge in [0.05, 0.1) is 23.4 Å². The van der Waals surface area contributed by atoms with Crippen LogP contribution < -0.4 is 14.8 Å². The molecule has 8 nitrogen and oxygen atoms in total. The van der Waals surface area contributed by atoms with Crippen LogP contribution in [0.2, 0.25) is 0 Å². The molecule has 0 aliphatic heterocycles. The van der Waals surface area contributed by atoms with Crippen molar-refractivity contribution in [3.63, 3.8) is 0 Å². The number of benzene rings is 2. The third-order valence-corrected chi connectivity index (χ3v) is 6.47. The molecule has 158 valence electrons. The summed E-state index contributed by atoms with van der Waals surface area (Å²) in [4.78, 5) is 11.7. The summed E-state index contributed by atoms with van der Waals surface area (Å²) in [6.07, 6.45) is 0. The van der Waals surface area contributed by atoms with Gasteiger partial charge in [-0.25, -0.2) is 16.8 Å². The first-order valence-electron chi connectivity index (χ1n) is 8.12. The monoisotopic (exact) mass is 448 g/mol. The number of alkyl halides is 2. The van der Waals surface area contributed by atoms with Crippen LogP contribution in [0.4, 0.5) is 20.2 Å². The molecule has 2 rings (SSSR count). The lowest BCUT2D eigenvalue weighted by Crippen LogP contribution is -2.16. The molecule has 0 heterocycles. The molecule has 0 saturated carbocycles. The third kappa shape index (κ3) is 5.41. The molecule has 0 atom stereocenters. The van der Waals surface area contributed by atoms with Gasteiger partial charge in [-0.2, -0.15) is 8.78 Å². The van der Waals surface area contributed by atoms with Crippen LogP contribution in [0.5, 0.6) is 5.75 Å². The smallest absolute Gasteiger partial charge is 0.341 e. The minimum Gasteiger partial charge on any atom is -0.494 e. The number of sulfone groups is 1. The predicted molar refractivity (Wildman–Crippen MR) is 104 cm³/mol. The summed E-state index contributed by atoms with van der Waals surface area (Å²) in [7, 11) is -6.95. The van der Waals surface area contributed by atoms with Crippen molar-refractivity contribution in [1.82, 2.24) is 0 Å². The largest absolute Gasteiger partial charge is 0.494 e. The Morgan fingerprint density at radius 3 is 2.21 bits per heavy atom. The Labute approximate surface area is 166 Å². The average Bonchev–Trinajstić information content (AvgIpc) is 2.68. The summed E-state index contributed by atoms with van der Waals surface area (Å²) in [5, 5.41) is 2.52. The summed E-state index contributed by atoms with van der Waals surface area (Å²) in [6.45, 7) is 1.47.